The number of fused-ring (bicyclic) bond motifs is 2. The van der Waals surface area contributed by atoms with Crippen LogP contribution < -0.4 is 5.32 Å². The smallest absolute Gasteiger partial charge is 0.410 e. The monoisotopic (exact) mass is 717 g/mol. The van der Waals surface area contributed by atoms with Crippen LogP contribution in [-0.4, -0.2) is 79.7 Å². The fourth-order valence-electron chi connectivity index (χ4n) is 6.87. The number of thiophene rings is 2. The van der Waals surface area contributed by atoms with Crippen LogP contribution in [0.25, 0.3) is 41.4 Å². The first-order chi connectivity index (χ1) is 23.9. The molecule has 0 bridgehead atoms. The number of carbonyl (C=O) groups excluding carboxylic acids is 3. The highest BCUT2D eigenvalue weighted by Crippen LogP contribution is 2.43. The van der Waals surface area contributed by atoms with Crippen molar-refractivity contribution in [1.29, 1.82) is 0 Å². The van der Waals surface area contributed by atoms with Crippen LogP contribution in [0.4, 0.5) is 9.59 Å². The molecule has 1 unspecified atom stereocenters. The Labute approximate surface area is 298 Å². The highest BCUT2D eigenvalue weighted by Gasteiger charge is 2.38. The predicted octanol–water partition coefficient (Wildman–Crippen LogP) is 8.01. The van der Waals surface area contributed by atoms with Gasteiger partial charge in [0, 0.05) is 27.4 Å². The number of H-pyrrole nitrogens is 2. The minimum absolute atomic E-state index is 0.0942. The summed E-state index contributed by atoms with van der Waals surface area (Å²) in [4.78, 5) is 60.8. The number of nitrogens with zero attached hydrogens (tertiary/aromatic N) is 4. The summed E-state index contributed by atoms with van der Waals surface area (Å²) < 4.78 is 12.8. The molecule has 3 atom stereocenters. The van der Waals surface area contributed by atoms with E-state index in [0.29, 0.717) is 13.1 Å². The van der Waals surface area contributed by atoms with Crippen LogP contribution in [0, 0.1) is 5.92 Å². The number of rotatable bonds is 7. The molecule has 2 aliphatic rings. The summed E-state index contributed by atoms with van der Waals surface area (Å²) in [5.41, 5.74) is 3.25. The van der Waals surface area contributed by atoms with Gasteiger partial charge in [0.1, 0.15) is 23.3 Å². The third-order valence-corrected chi connectivity index (χ3v) is 11.7. The molecule has 6 heterocycles. The van der Waals surface area contributed by atoms with E-state index in [1.54, 1.807) is 27.6 Å². The highest BCUT2D eigenvalue weighted by molar-refractivity contribution is 7.31. The number of aromatic amines is 2. The third-order valence-electron chi connectivity index (χ3n) is 9.29. The molecule has 0 radical (unpaired) electrons. The Balaban J connectivity index is 1.07. The lowest BCUT2D eigenvalue weighted by Crippen LogP contribution is -2.51. The summed E-state index contributed by atoms with van der Waals surface area (Å²) in [6.45, 7) is 10.7. The van der Waals surface area contributed by atoms with Crippen molar-refractivity contribution in [1.82, 2.24) is 35.1 Å². The second-order valence-electron chi connectivity index (χ2n) is 14.4. The van der Waals surface area contributed by atoms with Crippen LogP contribution in [0.2, 0.25) is 0 Å². The topological polar surface area (TPSA) is 146 Å². The van der Waals surface area contributed by atoms with Gasteiger partial charge in [-0.25, -0.2) is 19.6 Å². The maximum atomic E-state index is 13.6. The highest BCUT2D eigenvalue weighted by atomic mass is 32.1. The van der Waals surface area contributed by atoms with E-state index in [9.17, 15) is 14.4 Å². The summed E-state index contributed by atoms with van der Waals surface area (Å²) in [5.74, 6) is 1.32. The number of ether oxygens (including phenoxy) is 2. The van der Waals surface area contributed by atoms with Crippen LogP contribution in [0.15, 0.2) is 36.5 Å². The van der Waals surface area contributed by atoms with E-state index in [0.717, 1.165) is 69.4 Å². The fourth-order valence-corrected chi connectivity index (χ4v) is 9.22. The van der Waals surface area contributed by atoms with Gasteiger partial charge in [-0.2, -0.15) is 0 Å². The number of hydrogen-bond donors (Lipinski definition) is 3. The first kappa shape index (κ1) is 34.0. The van der Waals surface area contributed by atoms with Gasteiger partial charge in [0.2, 0.25) is 5.91 Å². The van der Waals surface area contributed by atoms with Crippen molar-refractivity contribution in [3.8, 4) is 21.0 Å². The van der Waals surface area contributed by atoms with E-state index in [4.69, 9.17) is 14.5 Å². The molecule has 12 nitrogen and oxygen atoms in total. The average Bonchev–Trinajstić information content (AvgIpc) is 3.90. The van der Waals surface area contributed by atoms with E-state index in [1.807, 2.05) is 51.8 Å². The zero-order valence-corrected chi connectivity index (χ0v) is 30.8. The van der Waals surface area contributed by atoms with Crippen molar-refractivity contribution in [2.45, 2.75) is 84.0 Å². The number of hydrogen-bond acceptors (Lipinski definition) is 9. The zero-order valence-electron chi connectivity index (χ0n) is 29.2. The summed E-state index contributed by atoms with van der Waals surface area (Å²) in [6.07, 6.45) is 4.37. The Kier molecular flexibility index (Phi) is 9.10. The number of imidazole rings is 2. The molecular weight excluding hydrogens is 675 g/mol. The zero-order chi connectivity index (χ0) is 35.3. The molecule has 2 fully saturated rings. The molecule has 1 aromatic carbocycles. The molecule has 2 saturated heterocycles. The summed E-state index contributed by atoms with van der Waals surface area (Å²) in [5, 5.41) is 2.71. The Hall–Kier alpha value is -4.43. The molecule has 264 valence electrons. The lowest BCUT2D eigenvalue weighted by molar-refractivity contribution is -0.135. The van der Waals surface area contributed by atoms with Crippen LogP contribution in [-0.2, 0) is 14.3 Å². The number of carbonyl (C=O) groups is 3. The van der Waals surface area contributed by atoms with E-state index in [1.165, 1.54) is 16.5 Å². The van der Waals surface area contributed by atoms with Crippen molar-refractivity contribution in [3.05, 3.63) is 48.2 Å². The number of methoxy groups -OCH3 is 1. The molecule has 14 heteroatoms. The number of amides is 3. The number of aromatic nitrogens is 4. The molecule has 0 spiro atoms. The van der Waals surface area contributed by atoms with Crippen molar-refractivity contribution in [3.63, 3.8) is 0 Å². The Morgan fingerprint density at radius 1 is 0.940 bits per heavy atom. The van der Waals surface area contributed by atoms with Gasteiger partial charge in [-0.3, -0.25) is 9.69 Å². The van der Waals surface area contributed by atoms with E-state index in [-0.39, 0.29) is 30.0 Å². The number of alkyl carbamates (subject to hydrolysis) is 1. The number of nitrogens with one attached hydrogen (secondary N) is 3. The number of benzene rings is 1. The van der Waals surface area contributed by atoms with Gasteiger partial charge in [-0.05, 0) is 82.2 Å². The van der Waals surface area contributed by atoms with Crippen LogP contribution in [0.5, 0.6) is 0 Å². The molecule has 5 aromatic rings. The molecule has 2 aliphatic heterocycles. The molecule has 0 saturated carbocycles. The van der Waals surface area contributed by atoms with Gasteiger partial charge in [0.15, 0.2) is 0 Å². The van der Waals surface area contributed by atoms with Gasteiger partial charge >= 0.3 is 12.2 Å². The predicted molar refractivity (Wildman–Crippen MR) is 195 cm³/mol. The SMILES string of the molecule is COC(=O)N[C@H](C(=O)N1CCCC1c1nc2ccc(-c3cc4sc(-c5cnc([C@@H]6CCCN6C(=O)OC(C)(C)C)[nH]5)cc4s3)cc2[nH]1)C(C)C. The lowest BCUT2D eigenvalue weighted by Gasteiger charge is -2.29. The van der Waals surface area contributed by atoms with Gasteiger partial charge in [0.05, 0.1) is 47.0 Å². The molecule has 3 amide bonds. The minimum atomic E-state index is -0.676. The van der Waals surface area contributed by atoms with Crippen molar-refractivity contribution in [2.24, 2.45) is 5.92 Å². The van der Waals surface area contributed by atoms with E-state index < -0.39 is 17.7 Å². The first-order valence-corrected chi connectivity index (χ1v) is 18.7. The maximum absolute atomic E-state index is 13.6. The summed E-state index contributed by atoms with van der Waals surface area (Å²) >= 11 is 3.46. The molecule has 50 heavy (non-hydrogen) atoms. The van der Waals surface area contributed by atoms with Gasteiger partial charge in [0.25, 0.3) is 0 Å². The molecule has 0 aliphatic carbocycles. The third kappa shape index (κ3) is 6.70. The minimum Gasteiger partial charge on any atom is -0.453 e. The molecule has 7 rings (SSSR count). The number of likely N-dealkylation sites (tertiary alicyclic amines) is 2. The van der Waals surface area contributed by atoms with E-state index >= 15 is 0 Å². The van der Waals surface area contributed by atoms with E-state index in [2.05, 4.69) is 44.5 Å². The standard InChI is InChI=1S/C36H43N7O5S2/c1-19(2)30(41-34(45)47-6)33(44)42-13-7-10-25(42)32-38-21-12-11-20(15-22(21)39-32)26-16-28-29(49-26)17-27(50-28)23-18-37-31(40-23)24-9-8-14-43(24)35(46)48-36(3,4)5/h11-12,15-19,24-25,30H,7-10,13-14H2,1-6H3,(H,37,40)(H,38,39)(H,41,45)/t24-,25?,30-/m0/s1. The molecular formula is C36H43N7O5S2. The van der Waals surface area contributed by atoms with Crippen LogP contribution in [0.3, 0.4) is 0 Å². The summed E-state index contributed by atoms with van der Waals surface area (Å²) in [7, 11) is 1.30. The van der Waals surface area contributed by atoms with Gasteiger partial charge in [-0.1, -0.05) is 19.9 Å². The quantitative estimate of drug-likeness (QED) is 0.155. The largest absolute Gasteiger partial charge is 0.453 e. The maximum Gasteiger partial charge on any atom is 0.410 e. The van der Waals surface area contributed by atoms with Crippen molar-refractivity contribution in [2.75, 3.05) is 20.2 Å². The Bertz CT molecular complexity index is 2020. The normalized spacial score (nSPS) is 18.8. The Morgan fingerprint density at radius 2 is 1.62 bits per heavy atom. The molecule has 4 aromatic heterocycles. The van der Waals surface area contributed by atoms with Crippen LogP contribution in [0.1, 0.15) is 84.0 Å². The second kappa shape index (κ2) is 13.4. The Morgan fingerprint density at radius 3 is 2.32 bits per heavy atom. The van der Waals surface area contributed by atoms with Gasteiger partial charge in [-0.15, -0.1) is 22.7 Å². The van der Waals surface area contributed by atoms with Crippen LogP contribution >= 0.6 is 22.7 Å². The molecule has 3 N–H and O–H groups in total. The van der Waals surface area contributed by atoms with Crippen molar-refractivity contribution >= 4 is 61.2 Å². The first-order valence-electron chi connectivity index (χ1n) is 17.1. The average molecular weight is 718 g/mol. The lowest BCUT2D eigenvalue weighted by atomic mass is 10.0. The van der Waals surface area contributed by atoms with Gasteiger partial charge < -0.3 is 29.7 Å². The summed E-state index contributed by atoms with van der Waals surface area (Å²) in [6, 6.07) is 9.67. The van der Waals surface area contributed by atoms with Crippen molar-refractivity contribution < 1.29 is 23.9 Å². The fraction of sp³-hybridized carbons (Fsp3) is 0.472. The second-order valence-corrected chi connectivity index (χ2v) is 16.5.